The number of aromatic nitrogens is 3. The molecule has 3 aromatic rings. The number of benzene rings is 2. The van der Waals surface area contributed by atoms with Gasteiger partial charge in [-0.05, 0) is 50.1 Å². The topological polar surface area (TPSA) is 69.0 Å². The van der Waals surface area contributed by atoms with E-state index in [-0.39, 0.29) is 11.7 Å². The molecule has 0 atom stereocenters. The zero-order valence-corrected chi connectivity index (χ0v) is 17.3. The van der Waals surface area contributed by atoms with Gasteiger partial charge < -0.3 is 14.6 Å². The summed E-state index contributed by atoms with van der Waals surface area (Å²) in [5, 5.41) is 12.2. The number of hydrogen-bond donors (Lipinski definition) is 1. The van der Waals surface area contributed by atoms with E-state index in [0.29, 0.717) is 17.6 Å². The first kappa shape index (κ1) is 19.9. The molecule has 1 N–H and O–H groups in total. The fraction of sp³-hybridized carbons (Fsp3) is 0.286. The Bertz CT molecular complexity index is 984. The molecule has 7 heteroatoms. The molecule has 3 rings (SSSR count). The highest BCUT2D eigenvalue weighted by molar-refractivity contribution is 7.99. The quantitative estimate of drug-likeness (QED) is 0.605. The highest BCUT2D eigenvalue weighted by atomic mass is 32.2. The van der Waals surface area contributed by atoms with Crippen molar-refractivity contribution in [1.82, 2.24) is 14.8 Å². The van der Waals surface area contributed by atoms with Gasteiger partial charge in [-0.2, -0.15) is 0 Å². The molecule has 0 spiro atoms. The molecule has 0 fully saturated rings. The third kappa shape index (κ3) is 4.36. The number of ether oxygens (including phenoxy) is 1. The van der Waals surface area contributed by atoms with Crippen molar-refractivity contribution in [1.29, 1.82) is 0 Å². The van der Waals surface area contributed by atoms with Crippen LogP contribution in [0, 0.1) is 13.8 Å². The van der Waals surface area contributed by atoms with Crippen LogP contribution in [-0.4, -0.2) is 33.0 Å². The van der Waals surface area contributed by atoms with Gasteiger partial charge in [0.1, 0.15) is 5.75 Å². The number of thioether (sulfide) groups is 1. The molecule has 2 aromatic carbocycles. The van der Waals surface area contributed by atoms with E-state index in [1.54, 1.807) is 0 Å². The van der Waals surface area contributed by atoms with Crippen LogP contribution in [0.4, 0.5) is 5.69 Å². The first-order chi connectivity index (χ1) is 13.5. The lowest BCUT2D eigenvalue weighted by atomic mass is 10.1. The standard InChI is InChI=1S/C21H24N4O2S/c1-5-27-18-12-7-6-10-16(18)20-23-24-21(25(20)4)28-13-19(26)22-17-11-8-9-14(2)15(17)3/h6-12H,5,13H2,1-4H3,(H,22,26). The van der Waals surface area contributed by atoms with Gasteiger partial charge in [0.25, 0.3) is 0 Å². The van der Waals surface area contributed by atoms with Gasteiger partial charge in [0.05, 0.1) is 17.9 Å². The fourth-order valence-corrected chi connectivity index (χ4v) is 3.52. The number of anilines is 1. The van der Waals surface area contributed by atoms with Gasteiger partial charge in [0, 0.05) is 12.7 Å². The second kappa shape index (κ2) is 8.93. The highest BCUT2D eigenvalue weighted by Crippen LogP contribution is 2.30. The van der Waals surface area contributed by atoms with Crippen LogP contribution in [0.15, 0.2) is 47.6 Å². The van der Waals surface area contributed by atoms with Crippen molar-refractivity contribution in [3.05, 3.63) is 53.6 Å². The van der Waals surface area contributed by atoms with Crippen molar-refractivity contribution in [3.63, 3.8) is 0 Å². The fourth-order valence-electron chi connectivity index (χ4n) is 2.81. The molecule has 0 aliphatic heterocycles. The van der Waals surface area contributed by atoms with Crippen molar-refractivity contribution < 1.29 is 9.53 Å². The van der Waals surface area contributed by atoms with Crippen molar-refractivity contribution >= 4 is 23.4 Å². The molecule has 28 heavy (non-hydrogen) atoms. The number of carbonyl (C=O) groups excluding carboxylic acids is 1. The van der Waals surface area contributed by atoms with Crippen LogP contribution < -0.4 is 10.1 Å². The Balaban J connectivity index is 1.70. The summed E-state index contributed by atoms with van der Waals surface area (Å²) in [4.78, 5) is 12.4. The average molecular weight is 397 g/mol. The number of aryl methyl sites for hydroxylation is 1. The van der Waals surface area contributed by atoms with Crippen LogP contribution in [0.1, 0.15) is 18.1 Å². The number of para-hydroxylation sites is 1. The SMILES string of the molecule is CCOc1ccccc1-c1nnc(SCC(=O)Nc2cccc(C)c2C)n1C. The summed E-state index contributed by atoms with van der Waals surface area (Å²) in [6, 6.07) is 13.6. The Morgan fingerprint density at radius 1 is 1.14 bits per heavy atom. The number of rotatable bonds is 7. The zero-order chi connectivity index (χ0) is 20.1. The zero-order valence-electron chi connectivity index (χ0n) is 16.5. The molecule has 6 nitrogen and oxygen atoms in total. The van der Waals surface area contributed by atoms with Gasteiger partial charge in [-0.3, -0.25) is 4.79 Å². The average Bonchev–Trinajstić information content (AvgIpc) is 3.05. The molecule has 1 amide bonds. The van der Waals surface area contributed by atoms with E-state index in [1.807, 2.05) is 74.9 Å². The minimum atomic E-state index is -0.0713. The molecule has 0 unspecified atom stereocenters. The van der Waals surface area contributed by atoms with Gasteiger partial charge in [0.2, 0.25) is 5.91 Å². The van der Waals surface area contributed by atoms with E-state index in [4.69, 9.17) is 4.74 Å². The molecule has 1 heterocycles. The summed E-state index contributed by atoms with van der Waals surface area (Å²) < 4.78 is 7.57. The van der Waals surface area contributed by atoms with Crippen LogP contribution in [0.5, 0.6) is 5.75 Å². The minimum Gasteiger partial charge on any atom is -0.493 e. The molecule has 146 valence electrons. The first-order valence-electron chi connectivity index (χ1n) is 9.11. The van der Waals surface area contributed by atoms with Crippen molar-refractivity contribution in [2.24, 2.45) is 7.05 Å². The summed E-state index contributed by atoms with van der Waals surface area (Å²) >= 11 is 1.36. The van der Waals surface area contributed by atoms with Crippen LogP contribution >= 0.6 is 11.8 Å². The van der Waals surface area contributed by atoms with Crippen LogP contribution in [0.2, 0.25) is 0 Å². The Kier molecular flexibility index (Phi) is 6.36. The number of amides is 1. The molecule has 0 saturated heterocycles. The Morgan fingerprint density at radius 3 is 2.71 bits per heavy atom. The molecule has 0 radical (unpaired) electrons. The summed E-state index contributed by atoms with van der Waals surface area (Å²) in [6.07, 6.45) is 0. The first-order valence-corrected chi connectivity index (χ1v) is 10.1. The van der Waals surface area contributed by atoms with E-state index in [2.05, 4.69) is 15.5 Å². The van der Waals surface area contributed by atoms with E-state index < -0.39 is 0 Å². The maximum absolute atomic E-state index is 12.4. The van der Waals surface area contributed by atoms with Crippen molar-refractivity contribution in [3.8, 4) is 17.1 Å². The third-order valence-electron chi connectivity index (χ3n) is 4.47. The molecule has 1 aromatic heterocycles. The monoisotopic (exact) mass is 396 g/mol. The Morgan fingerprint density at radius 2 is 1.93 bits per heavy atom. The minimum absolute atomic E-state index is 0.0713. The maximum Gasteiger partial charge on any atom is 0.234 e. The van der Waals surface area contributed by atoms with E-state index in [9.17, 15) is 4.79 Å². The molecular weight excluding hydrogens is 372 g/mol. The van der Waals surface area contributed by atoms with Gasteiger partial charge in [-0.15, -0.1) is 10.2 Å². The van der Waals surface area contributed by atoms with Crippen LogP contribution in [0.25, 0.3) is 11.4 Å². The van der Waals surface area contributed by atoms with Gasteiger partial charge >= 0.3 is 0 Å². The number of carbonyl (C=O) groups is 1. The van der Waals surface area contributed by atoms with Crippen LogP contribution in [0.3, 0.4) is 0 Å². The second-order valence-corrected chi connectivity index (χ2v) is 7.32. The predicted octanol–water partition coefficient (Wildman–Crippen LogP) is 4.23. The lowest BCUT2D eigenvalue weighted by Gasteiger charge is -2.11. The van der Waals surface area contributed by atoms with E-state index in [1.165, 1.54) is 11.8 Å². The number of nitrogens with one attached hydrogen (secondary N) is 1. The lowest BCUT2D eigenvalue weighted by molar-refractivity contribution is -0.113. The summed E-state index contributed by atoms with van der Waals surface area (Å²) in [7, 11) is 1.89. The van der Waals surface area contributed by atoms with Gasteiger partial charge in [0.15, 0.2) is 11.0 Å². The largest absolute Gasteiger partial charge is 0.493 e. The maximum atomic E-state index is 12.4. The molecule has 0 aliphatic carbocycles. The summed E-state index contributed by atoms with van der Waals surface area (Å²) in [6.45, 7) is 6.56. The molecule has 0 aliphatic rings. The van der Waals surface area contributed by atoms with E-state index in [0.717, 1.165) is 28.1 Å². The number of nitrogens with zero attached hydrogens (tertiary/aromatic N) is 3. The van der Waals surface area contributed by atoms with Crippen molar-refractivity contribution in [2.45, 2.75) is 25.9 Å². The summed E-state index contributed by atoms with van der Waals surface area (Å²) in [5.41, 5.74) is 3.95. The van der Waals surface area contributed by atoms with Gasteiger partial charge in [-0.25, -0.2) is 0 Å². The molecular formula is C21H24N4O2S. The van der Waals surface area contributed by atoms with E-state index >= 15 is 0 Å². The Hall–Kier alpha value is -2.80. The number of hydrogen-bond acceptors (Lipinski definition) is 5. The third-order valence-corrected chi connectivity index (χ3v) is 5.49. The Labute approximate surface area is 169 Å². The smallest absolute Gasteiger partial charge is 0.234 e. The van der Waals surface area contributed by atoms with Crippen molar-refractivity contribution in [2.75, 3.05) is 17.7 Å². The normalized spacial score (nSPS) is 10.7. The highest BCUT2D eigenvalue weighted by Gasteiger charge is 2.16. The summed E-state index contributed by atoms with van der Waals surface area (Å²) in [5.74, 6) is 1.66. The predicted molar refractivity (Wildman–Crippen MR) is 113 cm³/mol. The van der Waals surface area contributed by atoms with Gasteiger partial charge in [-0.1, -0.05) is 36.0 Å². The molecule has 0 saturated carbocycles. The lowest BCUT2D eigenvalue weighted by Crippen LogP contribution is -2.15. The van der Waals surface area contributed by atoms with Crippen LogP contribution in [-0.2, 0) is 11.8 Å². The molecule has 0 bridgehead atoms. The second-order valence-electron chi connectivity index (χ2n) is 6.38.